The molecule has 1 aromatic heterocycles. The number of pyridine rings is 1. The van der Waals surface area contributed by atoms with Crippen LogP contribution in [0.25, 0.3) is 0 Å². The van der Waals surface area contributed by atoms with Gasteiger partial charge < -0.3 is 5.32 Å². The molecular weight excluding hydrogens is 305 g/mol. The standard InChI is InChI=1S/C15H18FN3O2S/c1-15(2,11-5-3-6-12(16)9-11)10-19-14-13(22(17,20)21)7-4-8-18-14/h3-9H,10H2,1-2H3,(H,18,19)(H2,17,20,21). The zero-order valence-corrected chi connectivity index (χ0v) is 13.2. The monoisotopic (exact) mass is 323 g/mol. The third-order valence-electron chi connectivity index (χ3n) is 3.38. The fourth-order valence-corrected chi connectivity index (χ4v) is 2.73. The maximum atomic E-state index is 13.4. The topological polar surface area (TPSA) is 85.1 Å². The molecule has 0 bridgehead atoms. The van der Waals surface area contributed by atoms with Gasteiger partial charge in [-0.1, -0.05) is 26.0 Å². The van der Waals surface area contributed by atoms with E-state index in [1.54, 1.807) is 6.07 Å². The number of benzene rings is 1. The molecule has 3 N–H and O–H groups in total. The van der Waals surface area contributed by atoms with Crippen molar-refractivity contribution in [1.82, 2.24) is 4.98 Å². The Morgan fingerprint density at radius 1 is 1.27 bits per heavy atom. The van der Waals surface area contributed by atoms with Crippen LogP contribution in [-0.2, 0) is 15.4 Å². The van der Waals surface area contributed by atoms with Gasteiger partial charge in [-0.05, 0) is 29.8 Å². The Bertz CT molecular complexity index is 776. The Kier molecular flexibility index (Phi) is 4.48. The molecule has 0 spiro atoms. The van der Waals surface area contributed by atoms with Gasteiger partial charge in [-0.3, -0.25) is 0 Å². The zero-order chi connectivity index (χ0) is 16.4. The Balaban J connectivity index is 2.23. The number of anilines is 1. The van der Waals surface area contributed by atoms with Crippen molar-refractivity contribution in [1.29, 1.82) is 0 Å². The number of primary sulfonamides is 1. The lowest BCUT2D eigenvalue weighted by Gasteiger charge is -2.26. The molecule has 1 heterocycles. The summed E-state index contributed by atoms with van der Waals surface area (Å²) in [4.78, 5) is 3.95. The van der Waals surface area contributed by atoms with Gasteiger partial charge in [0.05, 0.1) is 0 Å². The SMILES string of the molecule is CC(C)(CNc1ncccc1S(N)(=O)=O)c1cccc(F)c1. The van der Waals surface area contributed by atoms with E-state index in [0.717, 1.165) is 5.56 Å². The minimum atomic E-state index is -3.86. The highest BCUT2D eigenvalue weighted by Gasteiger charge is 2.23. The van der Waals surface area contributed by atoms with Crippen LogP contribution in [0.3, 0.4) is 0 Å². The zero-order valence-electron chi connectivity index (χ0n) is 12.4. The van der Waals surface area contributed by atoms with E-state index >= 15 is 0 Å². The summed E-state index contributed by atoms with van der Waals surface area (Å²) in [7, 11) is -3.86. The molecule has 5 nitrogen and oxygen atoms in total. The van der Waals surface area contributed by atoms with Crippen LogP contribution in [0.4, 0.5) is 10.2 Å². The first kappa shape index (κ1) is 16.4. The summed E-state index contributed by atoms with van der Waals surface area (Å²) in [5.74, 6) is -0.122. The molecule has 0 atom stereocenters. The van der Waals surface area contributed by atoms with E-state index in [9.17, 15) is 12.8 Å². The number of hydrogen-bond donors (Lipinski definition) is 2. The van der Waals surface area contributed by atoms with Gasteiger partial charge in [0.2, 0.25) is 10.0 Å². The van der Waals surface area contributed by atoms with E-state index in [2.05, 4.69) is 10.3 Å². The Morgan fingerprint density at radius 2 is 2.00 bits per heavy atom. The van der Waals surface area contributed by atoms with Crippen molar-refractivity contribution in [3.63, 3.8) is 0 Å². The van der Waals surface area contributed by atoms with E-state index < -0.39 is 15.4 Å². The first-order chi connectivity index (χ1) is 10.2. The lowest BCUT2D eigenvalue weighted by atomic mass is 9.84. The van der Waals surface area contributed by atoms with E-state index in [4.69, 9.17) is 5.14 Å². The maximum absolute atomic E-state index is 13.4. The van der Waals surface area contributed by atoms with Gasteiger partial charge in [0.25, 0.3) is 0 Å². The lowest BCUT2D eigenvalue weighted by Crippen LogP contribution is -2.29. The molecule has 0 saturated heterocycles. The smallest absolute Gasteiger partial charge is 0.241 e. The molecule has 118 valence electrons. The quantitative estimate of drug-likeness (QED) is 0.884. The Morgan fingerprint density at radius 3 is 2.64 bits per heavy atom. The van der Waals surface area contributed by atoms with Crippen LogP contribution in [-0.4, -0.2) is 19.9 Å². The normalized spacial score (nSPS) is 12.2. The van der Waals surface area contributed by atoms with Crippen molar-refractivity contribution < 1.29 is 12.8 Å². The predicted molar refractivity (Wildman–Crippen MR) is 83.5 cm³/mol. The second kappa shape index (κ2) is 6.02. The molecule has 0 aliphatic rings. The van der Waals surface area contributed by atoms with Crippen LogP contribution in [0.5, 0.6) is 0 Å². The Labute approximate surface area is 129 Å². The fraction of sp³-hybridized carbons (Fsp3) is 0.267. The summed E-state index contributed by atoms with van der Waals surface area (Å²) < 4.78 is 36.4. The number of rotatable bonds is 5. The molecule has 2 rings (SSSR count). The first-order valence-electron chi connectivity index (χ1n) is 6.68. The van der Waals surface area contributed by atoms with Gasteiger partial charge >= 0.3 is 0 Å². The van der Waals surface area contributed by atoms with Crippen LogP contribution in [0.1, 0.15) is 19.4 Å². The summed E-state index contributed by atoms with van der Waals surface area (Å²) in [6.07, 6.45) is 1.48. The average molecular weight is 323 g/mol. The fourth-order valence-electron chi connectivity index (χ4n) is 2.07. The molecule has 0 unspecified atom stereocenters. The van der Waals surface area contributed by atoms with E-state index in [1.807, 2.05) is 19.9 Å². The van der Waals surface area contributed by atoms with Crippen molar-refractivity contribution in [2.75, 3.05) is 11.9 Å². The Hall–Kier alpha value is -1.99. The van der Waals surface area contributed by atoms with Crippen molar-refractivity contribution in [2.24, 2.45) is 5.14 Å². The van der Waals surface area contributed by atoms with Crippen LogP contribution in [0.2, 0.25) is 0 Å². The molecular formula is C15H18FN3O2S. The number of nitrogens with two attached hydrogens (primary N) is 1. The van der Waals surface area contributed by atoms with Crippen molar-refractivity contribution in [2.45, 2.75) is 24.2 Å². The van der Waals surface area contributed by atoms with Crippen molar-refractivity contribution in [3.8, 4) is 0 Å². The van der Waals surface area contributed by atoms with Crippen molar-refractivity contribution in [3.05, 3.63) is 54.0 Å². The molecule has 7 heteroatoms. The van der Waals surface area contributed by atoms with E-state index in [-0.39, 0.29) is 16.5 Å². The van der Waals surface area contributed by atoms with Gasteiger partial charge in [-0.25, -0.2) is 22.9 Å². The number of halogens is 1. The van der Waals surface area contributed by atoms with E-state index in [1.165, 1.54) is 30.5 Å². The lowest BCUT2D eigenvalue weighted by molar-refractivity contribution is 0.544. The second-order valence-electron chi connectivity index (χ2n) is 5.64. The van der Waals surface area contributed by atoms with Gasteiger partial charge in [-0.15, -0.1) is 0 Å². The number of nitrogens with zero attached hydrogens (tertiary/aromatic N) is 1. The summed E-state index contributed by atoms with van der Waals surface area (Å²) in [6, 6.07) is 9.20. The third kappa shape index (κ3) is 3.80. The maximum Gasteiger partial charge on any atom is 0.241 e. The highest BCUT2D eigenvalue weighted by atomic mass is 32.2. The van der Waals surface area contributed by atoms with Gasteiger partial charge in [0.15, 0.2) is 0 Å². The van der Waals surface area contributed by atoms with Crippen molar-refractivity contribution >= 4 is 15.8 Å². The first-order valence-corrected chi connectivity index (χ1v) is 8.22. The van der Waals surface area contributed by atoms with Crippen LogP contribution in [0, 0.1) is 5.82 Å². The summed E-state index contributed by atoms with van der Waals surface area (Å²) >= 11 is 0. The molecule has 0 saturated carbocycles. The molecule has 22 heavy (non-hydrogen) atoms. The van der Waals surface area contributed by atoms with Gasteiger partial charge in [0.1, 0.15) is 16.5 Å². The predicted octanol–water partition coefficient (Wildman–Crippen LogP) is 2.26. The third-order valence-corrected chi connectivity index (χ3v) is 4.32. The molecule has 0 radical (unpaired) electrons. The highest BCUT2D eigenvalue weighted by molar-refractivity contribution is 7.89. The molecule has 0 fully saturated rings. The number of nitrogens with one attached hydrogen (secondary N) is 1. The van der Waals surface area contributed by atoms with Crippen LogP contribution in [0.15, 0.2) is 47.5 Å². The highest BCUT2D eigenvalue weighted by Crippen LogP contribution is 2.25. The second-order valence-corrected chi connectivity index (χ2v) is 7.17. The summed E-state index contributed by atoms with van der Waals surface area (Å²) in [5.41, 5.74) is 0.378. The number of hydrogen-bond acceptors (Lipinski definition) is 4. The van der Waals surface area contributed by atoms with Gasteiger partial charge in [0, 0.05) is 18.2 Å². The largest absolute Gasteiger partial charge is 0.368 e. The summed E-state index contributed by atoms with van der Waals surface area (Å²) in [6.45, 7) is 4.22. The number of aromatic nitrogens is 1. The van der Waals surface area contributed by atoms with Crippen LogP contribution < -0.4 is 10.5 Å². The van der Waals surface area contributed by atoms with Crippen LogP contribution >= 0.6 is 0 Å². The van der Waals surface area contributed by atoms with Gasteiger partial charge in [-0.2, -0.15) is 0 Å². The molecule has 1 aromatic carbocycles. The number of sulfonamides is 1. The molecule has 0 aliphatic heterocycles. The molecule has 0 amide bonds. The van der Waals surface area contributed by atoms with E-state index in [0.29, 0.717) is 6.54 Å². The molecule has 2 aromatic rings. The minimum absolute atomic E-state index is 0.0648. The average Bonchev–Trinajstić information content (AvgIpc) is 2.44. The molecule has 0 aliphatic carbocycles. The minimum Gasteiger partial charge on any atom is -0.368 e. The summed E-state index contributed by atoms with van der Waals surface area (Å²) in [5, 5.41) is 8.16.